The molecule has 2 N–H and O–H groups in total. The molecule has 0 fully saturated rings. The third kappa shape index (κ3) is 5.11. The maximum Gasteiger partial charge on any atom is 0.337 e. The lowest BCUT2D eigenvalue weighted by Crippen LogP contribution is -2.08. The van der Waals surface area contributed by atoms with Crippen molar-refractivity contribution in [2.24, 2.45) is 0 Å². The van der Waals surface area contributed by atoms with Crippen molar-refractivity contribution < 1.29 is 19.8 Å². The van der Waals surface area contributed by atoms with Gasteiger partial charge in [-0.3, -0.25) is 0 Å². The Morgan fingerprint density at radius 1 is 0.884 bits per heavy atom. The van der Waals surface area contributed by atoms with Crippen molar-refractivity contribution in [3.8, 4) is 17.5 Å². The Labute approximate surface area is 247 Å². The minimum Gasteiger partial charge on any atom is -0.478 e. The average molecular weight is 570 g/mol. The van der Waals surface area contributed by atoms with Gasteiger partial charge in [0.15, 0.2) is 5.65 Å². The highest BCUT2D eigenvalue weighted by Gasteiger charge is 2.19. The summed E-state index contributed by atoms with van der Waals surface area (Å²) in [5.74, 6) is 5.15. The second-order valence-electron chi connectivity index (χ2n) is 10.3. The number of nitrogens with zero attached hydrogens (tertiary/aromatic N) is 5. The summed E-state index contributed by atoms with van der Waals surface area (Å²) in [6.45, 7) is 6.63. The first kappa shape index (κ1) is 27.4. The normalized spacial score (nSPS) is 11.0. The molecule has 0 bridgehead atoms. The van der Waals surface area contributed by atoms with Crippen molar-refractivity contribution >= 4 is 34.0 Å². The van der Waals surface area contributed by atoms with Crippen molar-refractivity contribution in [1.82, 2.24) is 24.3 Å². The van der Waals surface area contributed by atoms with Gasteiger partial charge < -0.3 is 14.8 Å². The van der Waals surface area contributed by atoms with E-state index in [1.807, 2.05) is 38.1 Å². The van der Waals surface area contributed by atoms with Crippen LogP contribution in [0.25, 0.3) is 27.8 Å². The highest BCUT2D eigenvalue weighted by Crippen LogP contribution is 2.27. The molecular formula is C34H27N5O4. The Morgan fingerprint density at radius 3 is 2.37 bits per heavy atom. The molecule has 3 heterocycles. The summed E-state index contributed by atoms with van der Waals surface area (Å²) in [4.78, 5) is 33.0. The minimum atomic E-state index is -1.07. The van der Waals surface area contributed by atoms with Crippen LogP contribution in [-0.2, 0) is 13.0 Å². The minimum absolute atomic E-state index is 0.0960. The molecule has 9 heteroatoms. The number of imidazole rings is 1. The van der Waals surface area contributed by atoms with Crippen LogP contribution in [0.5, 0.6) is 0 Å². The van der Waals surface area contributed by atoms with Gasteiger partial charge in [0.1, 0.15) is 17.0 Å². The molecule has 0 aliphatic rings. The number of hydrogen-bond donors (Lipinski definition) is 2. The Kier molecular flexibility index (Phi) is 6.96. The summed E-state index contributed by atoms with van der Waals surface area (Å²) in [6.07, 6.45) is 0.748. The number of carboxylic acids is 2. The number of pyridine rings is 1. The van der Waals surface area contributed by atoms with Crippen molar-refractivity contribution in [3.63, 3.8) is 0 Å². The van der Waals surface area contributed by atoms with Crippen LogP contribution < -0.4 is 0 Å². The molecule has 3 aromatic carbocycles. The van der Waals surface area contributed by atoms with Crippen molar-refractivity contribution in [3.05, 3.63) is 118 Å². The molecule has 43 heavy (non-hydrogen) atoms. The number of carbonyl (C=O) groups is 2. The van der Waals surface area contributed by atoms with E-state index >= 15 is 0 Å². The number of rotatable bonds is 6. The van der Waals surface area contributed by atoms with E-state index in [1.165, 1.54) is 18.2 Å². The molecule has 6 aromatic rings. The third-order valence-corrected chi connectivity index (χ3v) is 7.31. The van der Waals surface area contributed by atoms with Gasteiger partial charge in [0, 0.05) is 23.1 Å². The summed E-state index contributed by atoms with van der Waals surface area (Å²) >= 11 is 0. The van der Waals surface area contributed by atoms with Crippen molar-refractivity contribution in [2.75, 3.05) is 0 Å². The molecule has 0 saturated carbocycles. The van der Waals surface area contributed by atoms with Crippen LogP contribution in [0.2, 0.25) is 0 Å². The topological polar surface area (TPSA) is 123 Å². The van der Waals surface area contributed by atoms with Crippen LogP contribution in [-0.4, -0.2) is 46.5 Å². The van der Waals surface area contributed by atoms with Crippen LogP contribution in [0.1, 0.15) is 61.5 Å². The number of aromatic nitrogens is 5. The van der Waals surface area contributed by atoms with Gasteiger partial charge in [-0.25, -0.2) is 24.2 Å². The third-order valence-electron chi connectivity index (χ3n) is 7.31. The number of benzene rings is 3. The Morgan fingerprint density at radius 2 is 1.65 bits per heavy atom. The number of fused-ring (bicyclic) bond motifs is 2. The largest absolute Gasteiger partial charge is 0.478 e. The first-order valence-electron chi connectivity index (χ1n) is 13.8. The Balaban J connectivity index is 1.52. The van der Waals surface area contributed by atoms with E-state index in [0.29, 0.717) is 29.0 Å². The van der Waals surface area contributed by atoms with E-state index in [1.54, 1.807) is 35.0 Å². The fourth-order valence-corrected chi connectivity index (χ4v) is 5.26. The first-order valence-corrected chi connectivity index (χ1v) is 13.8. The highest BCUT2D eigenvalue weighted by atomic mass is 16.4. The van der Waals surface area contributed by atoms with E-state index in [4.69, 9.17) is 15.1 Å². The summed E-state index contributed by atoms with van der Waals surface area (Å²) in [6, 6.07) is 20.9. The van der Waals surface area contributed by atoms with E-state index in [0.717, 1.165) is 45.6 Å². The summed E-state index contributed by atoms with van der Waals surface area (Å²) in [5.41, 5.74) is 7.17. The van der Waals surface area contributed by atoms with Gasteiger partial charge in [-0.05, 0) is 85.5 Å². The van der Waals surface area contributed by atoms with Crippen LogP contribution in [0.15, 0.2) is 72.8 Å². The van der Waals surface area contributed by atoms with E-state index in [2.05, 4.69) is 23.3 Å². The van der Waals surface area contributed by atoms with Crippen LogP contribution in [0.4, 0.5) is 0 Å². The predicted molar refractivity (Wildman–Crippen MR) is 163 cm³/mol. The summed E-state index contributed by atoms with van der Waals surface area (Å²) in [7, 11) is 0. The molecular weight excluding hydrogens is 542 g/mol. The first-order chi connectivity index (χ1) is 20.7. The lowest BCUT2D eigenvalue weighted by molar-refractivity contribution is 0.0686. The van der Waals surface area contributed by atoms with Gasteiger partial charge in [0.25, 0.3) is 0 Å². The van der Waals surface area contributed by atoms with Crippen molar-refractivity contribution in [2.45, 2.75) is 33.7 Å². The van der Waals surface area contributed by atoms with E-state index in [-0.39, 0.29) is 11.1 Å². The fourth-order valence-electron chi connectivity index (χ4n) is 5.26. The van der Waals surface area contributed by atoms with Gasteiger partial charge in [-0.2, -0.15) is 5.10 Å². The van der Waals surface area contributed by atoms with E-state index in [9.17, 15) is 19.8 Å². The Hall–Kier alpha value is -5.75. The molecule has 212 valence electrons. The van der Waals surface area contributed by atoms with Gasteiger partial charge in [0.2, 0.25) is 0 Å². The monoisotopic (exact) mass is 569 g/mol. The Bertz CT molecular complexity index is 2130. The zero-order valence-corrected chi connectivity index (χ0v) is 23.8. The SMILES string of the molecule is CCc1nc2c(C)cc(C)nc2n1Cc1ccc2nn(-c3ccccc3C(=O)O)c(C#Cc3ccc(C(=O)O)cc3)c2c1. The van der Waals surface area contributed by atoms with Crippen LogP contribution >= 0.6 is 0 Å². The van der Waals surface area contributed by atoms with Gasteiger partial charge in [-0.1, -0.05) is 31.0 Å². The quantitative estimate of drug-likeness (QED) is 0.243. The lowest BCUT2D eigenvalue weighted by Gasteiger charge is -2.09. The standard InChI is InChI=1S/C34H27N5O4/c1-4-30-36-31-20(2)17-21(3)35-32(31)38(30)19-23-11-15-27-26(18-23)29(16-12-22-9-13-24(14-10-22)33(40)41)39(37-27)28-8-6-5-7-25(28)34(42)43/h5-11,13-15,17-18H,4,19H2,1-3H3,(H,40,41)(H,42,43). The molecule has 0 atom stereocenters. The number of para-hydroxylation sites is 1. The number of aromatic carboxylic acids is 2. The predicted octanol–water partition coefficient (Wildman–Crippen LogP) is 5.79. The molecule has 0 spiro atoms. The van der Waals surface area contributed by atoms with Crippen LogP contribution in [0, 0.1) is 25.7 Å². The number of hydrogen-bond acceptors (Lipinski definition) is 5. The fraction of sp³-hybridized carbons (Fsp3) is 0.147. The van der Waals surface area contributed by atoms with Crippen LogP contribution in [0.3, 0.4) is 0 Å². The number of aryl methyl sites for hydroxylation is 3. The lowest BCUT2D eigenvalue weighted by atomic mass is 10.1. The summed E-state index contributed by atoms with van der Waals surface area (Å²) in [5, 5.41) is 24.7. The molecule has 0 aliphatic heterocycles. The maximum absolute atomic E-state index is 12.1. The van der Waals surface area contributed by atoms with Gasteiger partial charge in [0.05, 0.1) is 28.9 Å². The number of carboxylic acid groups (broad SMARTS) is 2. The van der Waals surface area contributed by atoms with Gasteiger partial charge >= 0.3 is 11.9 Å². The van der Waals surface area contributed by atoms with Crippen molar-refractivity contribution in [1.29, 1.82) is 0 Å². The zero-order valence-electron chi connectivity index (χ0n) is 23.8. The zero-order chi connectivity index (χ0) is 30.2. The molecule has 6 rings (SSSR count). The maximum atomic E-state index is 12.1. The molecule has 0 amide bonds. The highest BCUT2D eigenvalue weighted by molar-refractivity contribution is 5.93. The molecule has 0 unspecified atom stereocenters. The second-order valence-corrected chi connectivity index (χ2v) is 10.3. The second kappa shape index (κ2) is 10.9. The molecule has 0 aliphatic carbocycles. The summed E-state index contributed by atoms with van der Waals surface area (Å²) < 4.78 is 3.70. The molecule has 9 nitrogen and oxygen atoms in total. The average Bonchev–Trinajstić information content (AvgIpc) is 3.54. The molecule has 0 radical (unpaired) electrons. The smallest absolute Gasteiger partial charge is 0.337 e. The molecule has 0 saturated heterocycles. The van der Waals surface area contributed by atoms with Gasteiger partial charge in [-0.15, -0.1) is 0 Å². The van der Waals surface area contributed by atoms with E-state index < -0.39 is 11.9 Å². The molecule has 3 aromatic heterocycles.